The monoisotopic (exact) mass is 225 g/mol. The highest BCUT2D eigenvalue weighted by Crippen LogP contribution is 1.81. The van der Waals surface area contributed by atoms with Gasteiger partial charge in [-0.25, -0.2) is 0 Å². The third-order valence-corrected chi connectivity index (χ3v) is 2.17. The summed E-state index contributed by atoms with van der Waals surface area (Å²) in [4.78, 5) is 5.69. The van der Waals surface area contributed by atoms with E-state index >= 15 is 0 Å². The second-order valence-corrected chi connectivity index (χ2v) is 3.43. The van der Waals surface area contributed by atoms with Crippen molar-refractivity contribution in [1.29, 1.82) is 0 Å². The van der Waals surface area contributed by atoms with Gasteiger partial charge in [0.25, 0.3) is 0 Å². The van der Waals surface area contributed by atoms with E-state index in [2.05, 4.69) is 9.97 Å². The standard InChI is InChI=1S/C5H5NS.C4H6N2S/c7-5-3-1-2-4-6-5;1-6-3-2-5-4(6)7/h1-4H,(H,6,7);2-3H,1H3,(H,5,7). The summed E-state index contributed by atoms with van der Waals surface area (Å²) in [6, 6.07) is 5.64. The SMILES string of the molecule is Cn1cc[nH]c1=S.S=c1cccc[nH]1. The first kappa shape index (κ1) is 10.9. The Morgan fingerprint density at radius 3 is 2.14 bits per heavy atom. The van der Waals surface area contributed by atoms with E-state index in [9.17, 15) is 0 Å². The molecule has 2 aromatic heterocycles. The number of hydrogen-bond donors (Lipinski definition) is 2. The number of imidazole rings is 1. The van der Waals surface area contributed by atoms with Crippen LogP contribution >= 0.6 is 24.4 Å². The average molecular weight is 225 g/mol. The zero-order valence-electron chi connectivity index (χ0n) is 7.73. The van der Waals surface area contributed by atoms with Gasteiger partial charge < -0.3 is 14.5 Å². The molecule has 2 aromatic rings. The summed E-state index contributed by atoms with van der Waals surface area (Å²) in [5, 5.41) is 0. The lowest BCUT2D eigenvalue weighted by molar-refractivity contribution is 0.894. The summed E-state index contributed by atoms with van der Waals surface area (Å²) in [5.74, 6) is 0. The lowest BCUT2D eigenvalue weighted by Gasteiger charge is -1.79. The van der Waals surface area contributed by atoms with Crippen LogP contribution in [0.4, 0.5) is 0 Å². The van der Waals surface area contributed by atoms with Crippen molar-refractivity contribution in [2.75, 3.05) is 0 Å². The second-order valence-electron chi connectivity index (χ2n) is 2.60. The minimum Gasteiger partial charge on any atom is -0.353 e. The normalized spacial score (nSPS) is 8.93. The van der Waals surface area contributed by atoms with Gasteiger partial charge in [0.1, 0.15) is 4.64 Å². The van der Waals surface area contributed by atoms with Gasteiger partial charge in [-0.3, -0.25) is 0 Å². The zero-order valence-corrected chi connectivity index (χ0v) is 9.36. The van der Waals surface area contributed by atoms with Gasteiger partial charge in [-0.1, -0.05) is 18.3 Å². The summed E-state index contributed by atoms with van der Waals surface area (Å²) in [6.07, 6.45) is 5.49. The Labute approximate surface area is 92.4 Å². The molecule has 0 unspecified atom stereocenters. The quantitative estimate of drug-likeness (QED) is 0.676. The van der Waals surface area contributed by atoms with Gasteiger partial charge in [-0.05, 0) is 24.4 Å². The Bertz CT molecular complexity index is 463. The number of aryl methyl sites for hydroxylation is 1. The number of pyridine rings is 1. The molecular weight excluding hydrogens is 214 g/mol. The molecule has 0 amide bonds. The van der Waals surface area contributed by atoms with E-state index in [-0.39, 0.29) is 0 Å². The van der Waals surface area contributed by atoms with Gasteiger partial charge in [0.05, 0.1) is 0 Å². The molecule has 0 aliphatic rings. The van der Waals surface area contributed by atoms with Crippen LogP contribution in [0.25, 0.3) is 0 Å². The van der Waals surface area contributed by atoms with Crippen molar-refractivity contribution in [2.24, 2.45) is 7.05 Å². The summed E-state index contributed by atoms with van der Waals surface area (Å²) >= 11 is 9.55. The Kier molecular flexibility index (Phi) is 4.28. The van der Waals surface area contributed by atoms with Crippen LogP contribution in [-0.2, 0) is 7.05 Å². The molecule has 14 heavy (non-hydrogen) atoms. The van der Waals surface area contributed by atoms with Crippen molar-refractivity contribution >= 4 is 24.4 Å². The molecular formula is C9H11N3S2. The van der Waals surface area contributed by atoms with E-state index in [1.165, 1.54) is 0 Å². The molecule has 0 aliphatic heterocycles. The van der Waals surface area contributed by atoms with E-state index in [1.807, 2.05) is 48.4 Å². The molecule has 0 saturated carbocycles. The third kappa shape index (κ3) is 3.68. The topological polar surface area (TPSA) is 36.5 Å². The number of aromatic amines is 2. The van der Waals surface area contributed by atoms with Crippen LogP contribution in [-0.4, -0.2) is 14.5 Å². The van der Waals surface area contributed by atoms with Crippen molar-refractivity contribution < 1.29 is 0 Å². The van der Waals surface area contributed by atoms with Crippen molar-refractivity contribution in [3.8, 4) is 0 Å². The van der Waals surface area contributed by atoms with E-state index in [0.29, 0.717) is 0 Å². The molecule has 0 bridgehead atoms. The number of nitrogens with one attached hydrogen (secondary N) is 2. The van der Waals surface area contributed by atoms with Crippen LogP contribution in [0, 0.1) is 9.41 Å². The van der Waals surface area contributed by atoms with Crippen molar-refractivity contribution in [2.45, 2.75) is 0 Å². The Morgan fingerprint density at radius 1 is 1.14 bits per heavy atom. The molecule has 2 N–H and O–H groups in total. The first-order valence-electron chi connectivity index (χ1n) is 4.04. The van der Waals surface area contributed by atoms with E-state index < -0.39 is 0 Å². The molecule has 0 spiro atoms. The number of nitrogens with zero attached hydrogens (tertiary/aromatic N) is 1. The minimum atomic E-state index is 0.764. The van der Waals surface area contributed by atoms with Crippen LogP contribution in [0.3, 0.4) is 0 Å². The fraction of sp³-hybridized carbons (Fsp3) is 0.111. The molecule has 74 valence electrons. The average Bonchev–Trinajstić information content (AvgIpc) is 2.53. The predicted molar refractivity (Wildman–Crippen MR) is 62.2 cm³/mol. The van der Waals surface area contributed by atoms with Crippen molar-refractivity contribution in [1.82, 2.24) is 14.5 Å². The summed E-state index contributed by atoms with van der Waals surface area (Å²) in [5.41, 5.74) is 0. The van der Waals surface area contributed by atoms with Crippen LogP contribution < -0.4 is 0 Å². The molecule has 2 rings (SSSR count). The van der Waals surface area contributed by atoms with Gasteiger partial charge in [-0.2, -0.15) is 0 Å². The molecule has 5 heteroatoms. The Morgan fingerprint density at radius 2 is 1.93 bits per heavy atom. The first-order chi connectivity index (χ1) is 6.70. The van der Waals surface area contributed by atoms with Gasteiger partial charge in [0.2, 0.25) is 0 Å². The van der Waals surface area contributed by atoms with E-state index in [4.69, 9.17) is 24.4 Å². The van der Waals surface area contributed by atoms with E-state index in [0.717, 1.165) is 9.41 Å². The molecule has 0 aromatic carbocycles. The van der Waals surface area contributed by atoms with Crippen LogP contribution in [0.5, 0.6) is 0 Å². The maximum absolute atomic E-state index is 4.79. The highest BCUT2D eigenvalue weighted by molar-refractivity contribution is 7.71. The lowest BCUT2D eigenvalue weighted by atomic mass is 10.5. The molecule has 0 saturated heterocycles. The predicted octanol–water partition coefficient (Wildman–Crippen LogP) is 2.83. The molecule has 0 fully saturated rings. The Hall–Kier alpha value is -1.20. The number of H-pyrrole nitrogens is 2. The number of hydrogen-bond acceptors (Lipinski definition) is 2. The summed E-state index contributed by atoms with van der Waals surface area (Å²) in [7, 11) is 1.90. The molecule has 0 aliphatic carbocycles. The molecule has 2 heterocycles. The lowest BCUT2D eigenvalue weighted by Crippen LogP contribution is -1.81. The summed E-state index contributed by atoms with van der Waals surface area (Å²) < 4.78 is 3.39. The molecule has 0 radical (unpaired) electrons. The van der Waals surface area contributed by atoms with Crippen LogP contribution in [0.1, 0.15) is 0 Å². The van der Waals surface area contributed by atoms with Crippen LogP contribution in [0.2, 0.25) is 0 Å². The highest BCUT2D eigenvalue weighted by Gasteiger charge is 1.76. The Balaban J connectivity index is 0.000000140. The van der Waals surface area contributed by atoms with Gasteiger partial charge in [0.15, 0.2) is 4.77 Å². The van der Waals surface area contributed by atoms with Crippen molar-refractivity contribution in [3.63, 3.8) is 0 Å². The van der Waals surface area contributed by atoms with Crippen LogP contribution in [0.15, 0.2) is 36.8 Å². The van der Waals surface area contributed by atoms with Gasteiger partial charge in [-0.15, -0.1) is 0 Å². The fourth-order valence-corrected chi connectivity index (χ4v) is 1.04. The number of rotatable bonds is 0. The zero-order chi connectivity index (χ0) is 10.4. The molecule has 0 atom stereocenters. The second kappa shape index (κ2) is 5.51. The largest absolute Gasteiger partial charge is 0.353 e. The van der Waals surface area contributed by atoms with Crippen molar-refractivity contribution in [3.05, 3.63) is 46.2 Å². The fourth-order valence-electron chi connectivity index (χ4n) is 0.767. The third-order valence-electron chi connectivity index (χ3n) is 1.51. The molecule has 3 nitrogen and oxygen atoms in total. The van der Waals surface area contributed by atoms with Gasteiger partial charge in [0, 0.05) is 25.6 Å². The first-order valence-corrected chi connectivity index (χ1v) is 4.85. The smallest absolute Gasteiger partial charge is 0.176 e. The summed E-state index contributed by atoms with van der Waals surface area (Å²) in [6.45, 7) is 0. The number of aromatic nitrogens is 3. The maximum Gasteiger partial charge on any atom is 0.176 e. The highest BCUT2D eigenvalue weighted by atomic mass is 32.1. The van der Waals surface area contributed by atoms with Gasteiger partial charge >= 0.3 is 0 Å². The maximum atomic E-state index is 4.79. The minimum absolute atomic E-state index is 0.764. The van der Waals surface area contributed by atoms with E-state index in [1.54, 1.807) is 0 Å².